The predicted octanol–water partition coefficient (Wildman–Crippen LogP) is 1.86. The molecule has 0 saturated carbocycles. The van der Waals surface area contributed by atoms with Gasteiger partial charge >= 0.3 is 0 Å². The Balaban J connectivity index is 1.64. The van der Waals surface area contributed by atoms with Gasteiger partial charge in [0.15, 0.2) is 0 Å². The highest BCUT2D eigenvalue weighted by Gasteiger charge is 2.25. The fourth-order valence-corrected chi connectivity index (χ4v) is 2.52. The van der Waals surface area contributed by atoms with E-state index in [1.165, 1.54) is 0 Å². The first-order valence-corrected chi connectivity index (χ1v) is 7.38. The number of aryl methyl sites for hydroxylation is 1. The summed E-state index contributed by atoms with van der Waals surface area (Å²) in [5.74, 6) is 0.527. The van der Waals surface area contributed by atoms with Crippen LogP contribution >= 0.6 is 0 Å². The minimum absolute atomic E-state index is 0.0192. The summed E-state index contributed by atoms with van der Waals surface area (Å²) in [6, 6.07) is 7.15. The molecule has 1 saturated heterocycles. The number of ether oxygens (including phenoxy) is 1. The molecule has 1 atom stereocenters. The van der Waals surface area contributed by atoms with Crippen molar-refractivity contribution >= 4 is 5.91 Å². The van der Waals surface area contributed by atoms with Crippen molar-refractivity contribution in [1.29, 1.82) is 0 Å². The predicted molar refractivity (Wildman–Crippen MR) is 80.6 cm³/mol. The standard InChI is InChI=1S/C16H18N4O2/c1-12-4-5-15(19-18-12)22-14-3-2-10-20(11-14)16(21)13-6-8-17-9-7-13/h4-9,14H,2-3,10-11H2,1H3. The zero-order valence-corrected chi connectivity index (χ0v) is 12.5. The van der Waals surface area contributed by atoms with Gasteiger partial charge in [0.1, 0.15) is 6.10 Å². The minimum Gasteiger partial charge on any atom is -0.471 e. The smallest absolute Gasteiger partial charge is 0.254 e. The number of carbonyl (C=O) groups is 1. The molecular formula is C16H18N4O2. The van der Waals surface area contributed by atoms with Gasteiger partial charge in [-0.1, -0.05) is 0 Å². The van der Waals surface area contributed by atoms with Crippen LogP contribution in [0.5, 0.6) is 5.88 Å². The third-order valence-electron chi connectivity index (χ3n) is 3.65. The van der Waals surface area contributed by atoms with E-state index >= 15 is 0 Å². The Bertz CT molecular complexity index is 630. The third-order valence-corrected chi connectivity index (χ3v) is 3.65. The molecule has 1 amide bonds. The summed E-state index contributed by atoms with van der Waals surface area (Å²) in [7, 11) is 0. The van der Waals surface area contributed by atoms with Crippen LogP contribution in [0.2, 0.25) is 0 Å². The molecule has 2 aromatic rings. The summed E-state index contributed by atoms with van der Waals surface area (Å²) >= 11 is 0. The SMILES string of the molecule is Cc1ccc(OC2CCCN(C(=O)c3ccncc3)C2)nn1. The molecule has 1 unspecified atom stereocenters. The van der Waals surface area contributed by atoms with Crippen molar-refractivity contribution in [3.8, 4) is 5.88 Å². The molecule has 114 valence electrons. The van der Waals surface area contributed by atoms with Gasteiger partial charge in [-0.2, -0.15) is 5.10 Å². The van der Waals surface area contributed by atoms with Crippen molar-refractivity contribution in [2.24, 2.45) is 0 Å². The number of likely N-dealkylation sites (tertiary alicyclic amines) is 1. The van der Waals surface area contributed by atoms with E-state index < -0.39 is 0 Å². The van der Waals surface area contributed by atoms with Crippen LogP contribution in [0.15, 0.2) is 36.7 Å². The highest BCUT2D eigenvalue weighted by atomic mass is 16.5. The molecule has 2 aromatic heterocycles. The number of aromatic nitrogens is 3. The van der Waals surface area contributed by atoms with Gasteiger partial charge in [0.05, 0.1) is 12.2 Å². The number of amides is 1. The molecule has 6 nitrogen and oxygen atoms in total. The van der Waals surface area contributed by atoms with E-state index in [2.05, 4.69) is 15.2 Å². The van der Waals surface area contributed by atoms with Crippen LogP contribution in [-0.4, -0.2) is 45.2 Å². The molecule has 0 spiro atoms. The Kier molecular flexibility index (Phi) is 4.27. The molecule has 0 N–H and O–H groups in total. The first-order valence-electron chi connectivity index (χ1n) is 7.38. The van der Waals surface area contributed by atoms with Gasteiger partial charge in [-0.15, -0.1) is 5.10 Å². The first-order chi connectivity index (χ1) is 10.7. The molecule has 1 fully saturated rings. The third kappa shape index (κ3) is 3.39. The number of hydrogen-bond donors (Lipinski definition) is 0. The van der Waals surface area contributed by atoms with Gasteiger partial charge in [0.2, 0.25) is 5.88 Å². The lowest BCUT2D eigenvalue weighted by atomic mass is 10.1. The number of hydrogen-bond acceptors (Lipinski definition) is 5. The Morgan fingerprint density at radius 3 is 2.77 bits per heavy atom. The van der Waals surface area contributed by atoms with Crippen molar-refractivity contribution in [2.45, 2.75) is 25.9 Å². The Morgan fingerprint density at radius 2 is 2.05 bits per heavy atom. The van der Waals surface area contributed by atoms with Gasteiger partial charge < -0.3 is 9.64 Å². The van der Waals surface area contributed by atoms with E-state index in [0.717, 1.165) is 25.1 Å². The van der Waals surface area contributed by atoms with E-state index in [9.17, 15) is 4.79 Å². The van der Waals surface area contributed by atoms with Gasteiger partial charge in [-0.25, -0.2) is 0 Å². The van der Waals surface area contributed by atoms with E-state index in [0.29, 0.717) is 18.0 Å². The van der Waals surface area contributed by atoms with Crippen molar-refractivity contribution in [3.63, 3.8) is 0 Å². The van der Waals surface area contributed by atoms with E-state index in [-0.39, 0.29) is 12.0 Å². The molecule has 3 rings (SSSR count). The number of piperidine rings is 1. The summed E-state index contributed by atoms with van der Waals surface area (Å²) in [6.07, 6.45) is 5.05. The van der Waals surface area contributed by atoms with Gasteiger partial charge in [0.25, 0.3) is 5.91 Å². The average Bonchev–Trinajstić information content (AvgIpc) is 2.57. The van der Waals surface area contributed by atoms with Crippen LogP contribution < -0.4 is 4.74 Å². The van der Waals surface area contributed by atoms with Gasteiger partial charge in [0, 0.05) is 30.6 Å². The molecule has 1 aliphatic heterocycles. The fourth-order valence-electron chi connectivity index (χ4n) is 2.52. The topological polar surface area (TPSA) is 68.2 Å². The lowest BCUT2D eigenvalue weighted by Gasteiger charge is -2.32. The molecule has 3 heterocycles. The second-order valence-corrected chi connectivity index (χ2v) is 5.38. The van der Waals surface area contributed by atoms with Gasteiger partial charge in [-0.05, 0) is 38.0 Å². The van der Waals surface area contributed by atoms with Crippen LogP contribution in [0, 0.1) is 6.92 Å². The first kappa shape index (κ1) is 14.4. The quantitative estimate of drug-likeness (QED) is 0.865. The van der Waals surface area contributed by atoms with Crippen LogP contribution in [0.3, 0.4) is 0 Å². The molecule has 0 aliphatic carbocycles. The minimum atomic E-state index is -0.0449. The van der Waals surface area contributed by atoms with Crippen LogP contribution in [0.4, 0.5) is 0 Å². The number of carbonyl (C=O) groups excluding carboxylic acids is 1. The lowest BCUT2D eigenvalue weighted by molar-refractivity contribution is 0.0525. The highest BCUT2D eigenvalue weighted by molar-refractivity contribution is 5.94. The molecule has 0 radical (unpaired) electrons. The molecule has 22 heavy (non-hydrogen) atoms. The van der Waals surface area contributed by atoms with Crippen molar-refractivity contribution in [3.05, 3.63) is 47.9 Å². The van der Waals surface area contributed by atoms with Crippen LogP contribution in [0.1, 0.15) is 28.9 Å². The summed E-state index contributed by atoms with van der Waals surface area (Å²) in [5, 5.41) is 8.00. The summed E-state index contributed by atoms with van der Waals surface area (Å²) in [4.78, 5) is 18.2. The van der Waals surface area contributed by atoms with Crippen molar-refractivity contribution < 1.29 is 9.53 Å². The molecule has 0 aromatic carbocycles. The molecule has 1 aliphatic rings. The maximum absolute atomic E-state index is 12.5. The molecule has 0 bridgehead atoms. The zero-order valence-electron chi connectivity index (χ0n) is 12.5. The van der Waals surface area contributed by atoms with E-state index in [1.54, 1.807) is 24.5 Å². The number of nitrogens with zero attached hydrogens (tertiary/aromatic N) is 4. The summed E-state index contributed by atoms with van der Waals surface area (Å²) < 4.78 is 5.85. The lowest BCUT2D eigenvalue weighted by Crippen LogP contribution is -2.44. The normalized spacial score (nSPS) is 18.0. The number of pyridine rings is 1. The molecule has 6 heteroatoms. The second kappa shape index (κ2) is 6.51. The summed E-state index contributed by atoms with van der Waals surface area (Å²) in [6.45, 7) is 3.20. The number of rotatable bonds is 3. The zero-order chi connectivity index (χ0) is 15.4. The van der Waals surface area contributed by atoms with Crippen LogP contribution in [0.25, 0.3) is 0 Å². The second-order valence-electron chi connectivity index (χ2n) is 5.38. The summed E-state index contributed by atoms with van der Waals surface area (Å²) in [5.41, 5.74) is 1.51. The van der Waals surface area contributed by atoms with Gasteiger partial charge in [-0.3, -0.25) is 9.78 Å². The van der Waals surface area contributed by atoms with Crippen molar-refractivity contribution in [2.75, 3.05) is 13.1 Å². The molecular weight excluding hydrogens is 280 g/mol. The van der Waals surface area contributed by atoms with Crippen LogP contribution in [-0.2, 0) is 0 Å². The maximum atomic E-state index is 12.5. The largest absolute Gasteiger partial charge is 0.471 e. The Morgan fingerprint density at radius 1 is 1.23 bits per heavy atom. The van der Waals surface area contributed by atoms with E-state index in [1.807, 2.05) is 24.0 Å². The average molecular weight is 298 g/mol. The monoisotopic (exact) mass is 298 g/mol. The van der Waals surface area contributed by atoms with Crippen molar-refractivity contribution in [1.82, 2.24) is 20.1 Å². The fraction of sp³-hybridized carbons (Fsp3) is 0.375. The Hall–Kier alpha value is -2.50. The highest BCUT2D eigenvalue weighted by Crippen LogP contribution is 2.18. The maximum Gasteiger partial charge on any atom is 0.254 e. The Labute approximate surface area is 129 Å². The van der Waals surface area contributed by atoms with E-state index in [4.69, 9.17) is 4.74 Å².